The first-order chi connectivity index (χ1) is 12.3. The van der Waals surface area contributed by atoms with E-state index in [0.717, 1.165) is 30.9 Å². The number of H-pyrrole nitrogens is 1. The molecule has 0 aliphatic heterocycles. The molecule has 1 aliphatic rings. The van der Waals surface area contributed by atoms with Crippen LogP contribution < -0.4 is 5.32 Å². The number of rotatable bonds is 6. The average Bonchev–Trinajstić information content (AvgIpc) is 3.18. The van der Waals surface area contributed by atoms with E-state index in [1.807, 2.05) is 29.8 Å². The van der Waals surface area contributed by atoms with Crippen LogP contribution in [0.3, 0.4) is 0 Å². The Morgan fingerprint density at radius 3 is 2.96 bits per heavy atom. The van der Waals surface area contributed by atoms with Crippen molar-refractivity contribution in [1.29, 1.82) is 0 Å². The van der Waals surface area contributed by atoms with Gasteiger partial charge in [0, 0.05) is 12.7 Å². The summed E-state index contributed by atoms with van der Waals surface area (Å²) < 4.78 is 1.83. The van der Waals surface area contributed by atoms with Crippen LogP contribution in [0.25, 0.3) is 11.4 Å². The van der Waals surface area contributed by atoms with Crippen LogP contribution in [0.5, 0.6) is 0 Å². The van der Waals surface area contributed by atoms with Gasteiger partial charge in [-0.3, -0.25) is 14.9 Å². The van der Waals surface area contributed by atoms with Crippen LogP contribution in [0, 0.1) is 5.92 Å². The molecular formula is C17H19N7O. The standard InChI is InChI=1S/C17H19N7O/c1-2-24-16(19-10-20-24)15(11-6-7-11)21-17(25)14-9-13(22-23-14)12-5-3-4-8-18-12/h3-5,8-11,15H,2,6-7H2,1H3,(H,21,25)(H,22,23)/t15-/m1/s1. The second-order valence-corrected chi connectivity index (χ2v) is 6.10. The predicted molar refractivity (Wildman–Crippen MR) is 90.4 cm³/mol. The minimum Gasteiger partial charge on any atom is -0.340 e. The molecule has 1 fully saturated rings. The average molecular weight is 337 g/mol. The summed E-state index contributed by atoms with van der Waals surface area (Å²) >= 11 is 0. The van der Waals surface area contributed by atoms with Crippen LogP contribution >= 0.6 is 0 Å². The molecule has 25 heavy (non-hydrogen) atoms. The molecule has 3 aromatic rings. The van der Waals surface area contributed by atoms with E-state index in [0.29, 0.717) is 17.3 Å². The number of aryl methyl sites for hydroxylation is 1. The Morgan fingerprint density at radius 2 is 2.24 bits per heavy atom. The van der Waals surface area contributed by atoms with Gasteiger partial charge in [-0.15, -0.1) is 0 Å². The van der Waals surface area contributed by atoms with Crippen molar-refractivity contribution in [3.63, 3.8) is 0 Å². The van der Waals surface area contributed by atoms with Crippen molar-refractivity contribution in [3.05, 3.63) is 48.3 Å². The lowest BCUT2D eigenvalue weighted by molar-refractivity contribution is 0.0923. The van der Waals surface area contributed by atoms with Gasteiger partial charge < -0.3 is 5.32 Å². The summed E-state index contributed by atoms with van der Waals surface area (Å²) in [5.74, 6) is 1.02. The van der Waals surface area contributed by atoms with Gasteiger partial charge in [0.15, 0.2) is 0 Å². The molecule has 1 aliphatic carbocycles. The molecule has 0 spiro atoms. The van der Waals surface area contributed by atoms with Crippen molar-refractivity contribution in [3.8, 4) is 11.4 Å². The van der Waals surface area contributed by atoms with E-state index in [4.69, 9.17) is 0 Å². The van der Waals surface area contributed by atoms with Crippen molar-refractivity contribution in [2.75, 3.05) is 0 Å². The summed E-state index contributed by atoms with van der Waals surface area (Å²) in [5, 5.41) is 14.3. The minimum atomic E-state index is -0.197. The van der Waals surface area contributed by atoms with E-state index in [1.54, 1.807) is 12.3 Å². The summed E-state index contributed by atoms with van der Waals surface area (Å²) in [6.45, 7) is 2.74. The first-order valence-corrected chi connectivity index (χ1v) is 8.41. The van der Waals surface area contributed by atoms with Gasteiger partial charge in [0.05, 0.1) is 11.7 Å². The van der Waals surface area contributed by atoms with Gasteiger partial charge in [0.1, 0.15) is 23.5 Å². The summed E-state index contributed by atoms with van der Waals surface area (Å²) in [6, 6.07) is 7.17. The number of aromatic nitrogens is 6. The SMILES string of the molecule is CCn1ncnc1[C@H](NC(=O)c1cc(-c2ccccn2)n[nH]1)C1CC1. The van der Waals surface area contributed by atoms with Crippen molar-refractivity contribution in [2.24, 2.45) is 5.92 Å². The topological polar surface area (TPSA) is 101 Å². The number of nitrogens with zero attached hydrogens (tertiary/aromatic N) is 5. The predicted octanol–water partition coefficient (Wildman–Crippen LogP) is 1.96. The lowest BCUT2D eigenvalue weighted by Gasteiger charge is -2.17. The zero-order valence-electron chi connectivity index (χ0n) is 13.9. The molecule has 3 heterocycles. The quantitative estimate of drug-likeness (QED) is 0.716. The van der Waals surface area contributed by atoms with Gasteiger partial charge in [0.2, 0.25) is 0 Å². The Kier molecular flexibility index (Phi) is 4.01. The Labute approximate surface area is 144 Å². The highest BCUT2D eigenvalue weighted by atomic mass is 16.2. The Bertz CT molecular complexity index is 866. The maximum atomic E-state index is 12.7. The van der Waals surface area contributed by atoms with Gasteiger partial charge >= 0.3 is 0 Å². The Balaban J connectivity index is 1.54. The lowest BCUT2D eigenvalue weighted by Crippen LogP contribution is -2.32. The summed E-state index contributed by atoms with van der Waals surface area (Å²) in [7, 11) is 0. The highest BCUT2D eigenvalue weighted by Gasteiger charge is 2.36. The molecule has 0 bridgehead atoms. The van der Waals surface area contributed by atoms with Crippen molar-refractivity contribution in [2.45, 2.75) is 32.4 Å². The van der Waals surface area contributed by atoms with Gasteiger partial charge in [-0.2, -0.15) is 10.2 Å². The fraction of sp³-hybridized carbons (Fsp3) is 0.353. The maximum Gasteiger partial charge on any atom is 0.269 e. The van der Waals surface area contributed by atoms with Crippen molar-refractivity contribution in [1.82, 2.24) is 35.3 Å². The normalized spacial score (nSPS) is 15.1. The molecule has 8 heteroatoms. The first-order valence-electron chi connectivity index (χ1n) is 8.41. The summed E-state index contributed by atoms with van der Waals surface area (Å²) in [6.07, 6.45) is 5.41. The second kappa shape index (κ2) is 6.46. The highest BCUT2D eigenvalue weighted by molar-refractivity contribution is 5.93. The number of nitrogens with one attached hydrogen (secondary N) is 2. The molecule has 1 saturated carbocycles. The van der Waals surface area contributed by atoms with E-state index in [9.17, 15) is 4.79 Å². The van der Waals surface area contributed by atoms with E-state index < -0.39 is 0 Å². The van der Waals surface area contributed by atoms with E-state index in [2.05, 4.69) is 30.6 Å². The number of pyridine rings is 1. The van der Waals surface area contributed by atoms with Crippen LogP contribution in [-0.2, 0) is 6.54 Å². The van der Waals surface area contributed by atoms with Gasteiger partial charge in [-0.05, 0) is 43.9 Å². The number of hydrogen-bond acceptors (Lipinski definition) is 5. The summed E-state index contributed by atoms with van der Waals surface area (Å²) in [4.78, 5) is 21.3. The smallest absolute Gasteiger partial charge is 0.269 e. The third-order valence-corrected chi connectivity index (χ3v) is 4.35. The zero-order valence-corrected chi connectivity index (χ0v) is 13.9. The molecule has 0 unspecified atom stereocenters. The zero-order chi connectivity index (χ0) is 17.2. The van der Waals surface area contributed by atoms with Crippen LogP contribution in [0.2, 0.25) is 0 Å². The molecule has 4 rings (SSSR count). The molecule has 0 saturated heterocycles. The molecule has 8 nitrogen and oxygen atoms in total. The molecule has 1 amide bonds. The number of carbonyl (C=O) groups excluding carboxylic acids is 1. The number of hydrogen-bond donors (Lipinski definition) is 2. The number of amides is 1. The third kappa shape index (κ3) is 3.15. The fourth-order valence-corrected chi connectivity index (χ4v) is 2.88. The first kappa shape index (κ1) is 15.5. The largest absolute Gasteiger partial charge is 0.340 e. The van der Waals surface area contributed by atoms with Crippen LogP contribution in [-0.4, -0.2) is 35.9 Å². The fourth-order valence-electron chi connectivity index (χ4n) is 2.88. The number of aromatic amines is 1. The number of carbonyl (C=O) groups is 1. The van der Waals surface area contributed by atoms with E-state index in [1.165, 1.54) is 6.33 Å². The maximum absolute atomic E-state index is 12.7. The highest BCUT2D eigenvalue weighted by Crippen LogP contribution is 2.40. The monoisotopic (exact) mass is 337 g/mol. The third-order valence-electron chi connectivity index (χ3n) is 4.35. The molecule has 0 radical (unpaired) electrons. The lowest BCUT2D eigenvalue weighted by atomic mass is 10.1. The Hall–Kier alpha value is -3.03. The second-order valence-electron chi connectivity index (χ2n) is 6.10. The molecule has 3 aromatic heterocycles. The Morgan fingerprint density at radius 1 is 1.36 bits per heavy atom. The summed E-state index contributed by atoms with van der Waals surface area (Å²) in [5.41, 5.74) is 1.78. The van der Waals surface area contributed by atoms with E-state index >= 15 is 0 Å². The molecule has 2 N–H and O–H groups in total. The van der Waals surface area contributed by atoms with Gasteiger partial charge in [-0.25, -0.2) is 9.67 Å². The van der Waals surface area contributed by atoms with Crippen LogP contribution in [0.15, 0.2) is 36.8 Å². The van der Waals surface area contributed by atoms with Gasteiger partial charge in [-0.1, -0.05) is 6.07 Å². The van der Waals surface area contributed by atoms with Crippen LogP contribution in [0.4, 0.5) is 0 Å². The van der Waals surface area contributed by atoms with Gasteiger partial charge in [0.25, 0.3) is 5.91 Å². The molecular weight excluding hydrogens is 318 g/mol. The van der Waals surface area contributed by atoms with Crippen LogP contribution in [0.1, 0.15) is 42.1 Å². The van der Waals surface area contributed by atoms with Crippen molar-refractivity contribution >= 4 is 5.91 Å². The molecule has 0 aromatic carbocycles. The minimum absolute atomic E-state index is 0.128. The molecule has 1 atom stereocenters. The molecule has 128 valence electrons. The van der Waals surface area contributed by atoms with Crippen molar-refractivity contribution < 1.29 is 4.79 Å². The van der Waals surface area contributed by atoms with E-state index in [-0.39, 0.29) is 11.9 Å².